The fourth-order valence-corrected chi connectivity index (χ4v) is 3.36. The van der Waals surface area contributed by atoms with Crippen molar-refractivity contribution in [2.45, 2.75) is 19.4 Å². The van der Waals surface area contributed by atoms with Crippen molar-refractivity contribution >= 4 is 11.6 Å². The largest absolute Gasteiger partial charge is 0.493 e. The van der Waals surface area contributed by atoms with E-state index in [4.69, 9.17) is 9.47 Å². The van der Waals surface area contributed by atoms with Gasteiger partial charge in [0.1, 0.15) is 5.82 Å². The minimum Gasteiger partial charge on any atom is -0.493 e. The minimum absolute atomic E-state index is 0.0115. The lowest BCUT2D eigenvalue weighted by Crippen LogP contribution is -2.37. The number of amides is 1. The van der Waals surface area contributed by atoms with E-state index in [0.717, 1.165) is 38.0 Å². The molecule has 3 rings (SSSR count). The maximum atomic E-state index is 13.0. The number of halogens is 1. The zero-order valence-electron chi connectivity index (χ0n) is 15.7. The Labute approximate surface area is 159 Å². The van der Waals surface area contributed by atoms with Crippen LogP contribution in [0.3, 0.4) is 0 Å². The second kappa shape index (κ2) is 8.86. The summed E-state index contributed by atoms with van der Waals surface area (Å²) in [6.45, 7) is 2.48. The lowest BCUT2D eigenvalue weighted by molar-refractivity contribution is -0.121. The molecule has 1 saturated heterocycles. The molecule has 27 heavy (non-hydrogen) atoms. The number of rotatable bonds is 6. The smallest absolute Gasteiger partial charge is 0.227 e. The molecular weight excluding hydrogens is 347 g/mol. The Bertz CT molecular complexity index is 771. The van der Waals surface area contributed by atoms with Crippen LogP contribution in [0.4, 0.5) is 10.1 Å². The van der Waals surface area contributed by atoms with E-state index in [1.165, 1.54) is 12.1 Å². The molecule has 2 aromatic carbocycles. The molecule has 0 aliphatic carbocycles. The van der Waals surface area contributed by atoms with Crippen LogP contribution in [0.2, 0.25) is 0 Å². The van der Waals surface area contributed by atoms with E-state index < -0.39 is 0 Å². The van der Waals surface area contributed by atoms with Crippen molar-refractivity contribution in [1.29, 1.82) is 0 Å². The number of methoxy groups -OCH3 is 2. The molecule has 2 aromatic rings. The highest BCUT2D eigenvalue weighted by atomic mass is 19.1. The molecule has 1 fully saturated rings. The van der Waals surface area contributed by atoms with Crippen LogP contribution in [0.25, 0.3) is 0 Å². The van der Waals surface area contributed by atoms with Crippen LogP contribution in [0.15, 0.2) is 42.5 Å². The third kappa shape index (κ3) is 4.98. The molecule has 0 spiro atoms. The molecule has 0 radical (unpaired) electrons. The van der Waals surface area contributed by atoms with Crippen LogP contribution >= 0.6 is 0 Å². The number of hydrogen-bond acceptors (Lipinski definition) is 4. The van der Waals surface area contributed by atoms with Gasteiger partial charge < -0.3 is 14.8 Å². The SMILES string of the molecule is COc1ccc(NC(=O)C2CCN(Cc3ccc(F)cc3)CC2)cc1OC. The van der Waals surface area contributed by atoms with Crippen LogP contribution < -0.4 is 14.8 Å². The predicted molar refractivity (Wildman–Crippen MR) is 103 cm³/mol. The number of piperidine rings is 1. The number of carbonyl (C=O) groups is 1. The number of nitrogens with zero attached hydrogens (tertiary/aromatic N) is 1. The Kier molecular flexibility index (Phi) is 6.29. The molecule has 1 amide bonds. The van der Waals surface area contributed by atoms with E-state index in [-0.39, 0.29) is 17.6 Å². The number of ether oxygens (including phenoxy) is 2. The number of nitrogens with one attached hydrogen (secondary N) is 1. The van der Waals surface area contributed by atoms with Crippen LogP contribution in [-0.2, 0) is 11.3 Å². The van der Waals surface area contributed by atoms with Crippen molar-refractivity contribution in [3.63, 3.8) is 0 Å². The Morgan fingerprint density at radius 1 is 1.07 bits per heavy atom. The first-order valence-corrected chi connectivity index (χ1v) is 9.08. The molecule has 144 valence electrons. The standard InChI is InChI=1S/C21H25FN2O3/c1-26-19-8-7-18(13-20(19)27-2)23-21(25)16-9-11-24(12-10-16)14-15-3-5-17(22)6-4-15/h3-8,13,16H,9-12,14H2,1-2H3,(H,23,25). The third-order valence-electron chi connectivity index (χ3n) is 4.93. The Morgan fingerprint density at radius 3 is 2.37 bits per heavy atom. The molecule has 0 atom stereocenters. The number of hydrogen-bond donors (Lipinski definition) is 1. The van der Waals surface area contributed by atoms with E-state index in [2.05, 4.69) is 10.2 Å². The van der Waals surface area contributed by atoms with Gasteiger partial charge in [-0.2, -0.15) is 0 Å². The fraction of sp³-hybridized carbons (Fsp3) is 0.381. The summed E-state index contributed by atoms with van der Waals surface area (Å²) in [7, 11) is 3.15. The van der Waals surface area contributed by atoms with Gasteiger partial charge in [-0.25, -0.2) is 4.39 Å². The Hall–Kier alpha value is -2.60. The summed E-state index contributed by atoms with van der Waals surface area (Å²) in [5, 5.41) is 2.97. The third-order valence-corrected chi connectivity index (χ3v) is 4.93. The topological polar surface area (TPSA) is 50.8 Å². The van der Waals surface area contributed by atoms with E-state index in [9.17, 15) is 9.18 Å². The van der Waals surface area contributed by atoms with Gasteiger partial charge in [0.25, 0.3) is 0 Å². The zero-order chi connectivity index (χ0) is 19.2. The Balaban J connectivity index is 1.51. The van der Waals surface area contributed by atoms with Gasteiger partial charge >= 0.3 is 0 Å². The van der Waals surface area contributed by atoms with Crippen LogP contribution in [0.1, 0.15) is 18.4 Å². The lowest BCUT2D eigenvalue weighted by atomic mass is 9.95. The lowest BCUT2D eigenvalue weighted by Gasteiger charge is -2.31. The van der Waals surface area contributed by atoms with E-state index >= 15 is 0 Å². The number of likely N-dealkylation sites (tertiary alicyclic amines) is 1. The molecule has 1 heterocycles. The molecule has 0 bridgehead atoms. The maximum absolute atomic E-state index is 13.0. The molecule has 6 heteroatoms. The molecule has 1 N–H and O–H groups in total. The van der Waals surface area contributed by atoms with Crippen LogP contribution in [-0.4, -0.2) is 38.1 Å². The first kappa shape index (κ1) is 19.2. The predicted octanol–water partition coefficient (Wildman–Crippen LogP) is 3.69. The molecule has 0 aromatic heterocycles. The van der Waals surface area contributed by atoms with Crippen LogP contribution in [0.5, 0.6) is 11.5 Å². The van der Waals surface area contributed by atoms with Gasteiger partial charge in [0, 0.05) is 24.2 Å². The summed E-state index contributed by atoms with van der Waals surface area (Å²) < 4.78 is 23.5. The van der Waals surface area contributed by atoms with Crippen molar-refractivity contribution in [3.8, 4) is 11.5 Å². The van der Waals surface area contributed by atoms with Crippen molar-refractivity contribution in [3.05, 3.63) is 53.8 Å². The maximum Gasteiger partial charge on any atom is 0.227 e. The van der Waals surface area contributed by atoms with E-state index in [1.807, 2.05) is 18.2 Å². The first-order valence-electron chi connectivity index (χ1n) is 9.08. The van der Waals surface area contributed by atoms with Gasteiger partial charge in [-0.05, 0) is 55.8 Å². The van der Waals surface area contributed by atoms with Crippen LogP contribution in [0, 0.1) is 11.7 Å². The Morgan fingerprint density at radius 2 is 1.74 bits per heavy atom. The van der Waals surface area contributed by atoms with Gasteiger partial charge in [0.2, 0.25) is 5.91 Å². The molecule has 0 unspecified atom stereocenters. The number of carbonyl (C=O) groups excluding carboxylic acids is 1. The van der Waals surface area contributed by atoms with E-state index in [1.54, 1.807) is 26.4 Å². The summed E-state index contributed by atoms with van der Waals surface area (Å²) in [5.41, 5.74) is 1.79. The second-order valence-electron chi connectivity index (χ2n) is 6.74. The molecule has 1 aliphatic heterocycles. The molecule has 5 nitrogen and oxygen atoms in total. The summed E-state index contributed by atoms with van der Waals surface area (Å²) in [4.78, 5) is 14.9. The van der Waals surface area contributed by atoms with Crippen molar-refractivity contribution in [2.24, 2.45) is 5.92 Å². The number of anilines is 1. The monoisotopic (exact) mass is 372 g/mol. The molecule has 1 aliphatic rings. The average Bonchev–Trinajstić information content (AvgIpc) is 2.70. The first-order chi connectivity index (χ1) is 13.1. The number of benzene rings is 2. The van der Waals surface area contributed by atoms with Crippen molar-refractivity contribution < 1.29 is 18.7 Å². The van der Waals surface area contributed by atoms with Crippen molar-refractivity contribution in [2.75, 3.05) is 32.6 Å². The molecular formula is C21H25FN2O3. The van der Waals surface area contributed by atoms with Gasteiger partial charge in [0.05, 0.1) is 14.2 Å². The van der Waals surface area contributed by atoms with E-state index in [0.29, 0.717) is 17.2 Å². The van der Waals surface area contributed by atoms with Gasteiger partial charge in [-0.3, -0.25) is 9.69 Å². The molecule has 0 saturated carbocycles. The quantitative estimate of drug-likeness (QED) is 0.840. The highest BCUT2D eigenvalue weighted by Crippen LogP contribution is 2.30. The summed E-state index contributed by atoms with van der Waals surface area (Å²) in [5.74, 6) is 1.02. The van der Waals surface area contributed by atoms with Gasteiger partial charge in [-0.15, -0.1) is 0 Å². The second-order valence-corrected chi connectivity index (χ2v) is 6.74. The van der Waals surface area contributed by atoms with Gasteiger partial charge in [0.15, 0.2) is 11.5 Å². The highest BCUT2D eigenvalue weighted by Gasteiger charge is 2.25. The summed E-state index contributed by atoms with van der Waals surface area (Å²) in [6.07, 6.45) is 1.61. The average molecular weight is 372 g/mol. The van der Waals surface area contributed by atoms with Gasteiger partial charge in [-0.1, -0.05) is 12.1 Å². The normalized spacial score (nSPS) is 15.4. The zero-order valence-corrected chi connectivity index (χ0v) is 15.7. The summed E-state index contributed by atoms with van der Waals surface area (Å²) in [6, 6.07) is 11.9. The fourth-order valence-electron chi connectivity index (χ4n) is 3.36. The highest BCUT2D eigenvalue weighted by molar-refractivity contribution is 5.93. The summed E-state index contributed by atoms with van der Waals surface area (Å²) >= 11 is 0. The minimum atomic E-state index is -0.218. The van der Waals surface area contributed by atoms with Crippen molar-refractivity contribution in [1.82, 2.24) is 4.90 Å².